The summed E-state index contributed by atoms with van der Waals surface area (Å²) in [4.78, 5) is 0. The molecule has 0 amide bonds. The second-order valence-electron chi connectivity index (χ2n) is 20.7. The van der Waals surface area contributed by atoms with Crippen LogP contribution in [-0.2, 0) is 14.2 Å². The highest BCUT2D eigenvalue weighted by Crippen LogP contribution is 2.67. The van der Waals surface area contributed by atoms with Crippen LogP contribution in [0, 0.1) is 46.3 Å². The molecule has 1 N–H and O–H groups in total. The second kappa shape index (κ2) is 27.3. The van der Waals surface area contributed by atoms with Crippen LogP contribution >= 0.6 is 0 Å². The molecule has 0 saturated heterocycles. The fourth-order valence-corrected chi connectivity index (χ4v) is 12.5. The van der Waals surface area contributed by atoms with E-state index >= 15 is 0 Å². The molecule has 1 unspecified atom stereocenters. The third kappa shape index (κ3) is 15.9. The third-order valence-electron chi connectivity index (χ3n) is 16.0. The van der Waals surface area contributed by atoms with Crippen molar-refractivity contribution in [2.45, 2.75) is 228 Å². The van der Waals surface area contributed by atoms with Crippen LogP contribution in [0.3, 0.4) is 0 Å². The highest BCUT2D eigenvalue weighted by molar-refractivity contribution is 5.25. The molecule has 0 bridgehead atoms. The van der Waals surface area contributed by atoms with Gasteiger partial charge in [-0.2, -0.15) is 0 Å². The van der Waals surface area contributed by atoms with Gasteiger partial charge >= 0.3 is 0 Å². The molecule has 3 fully saturated rings. The fourth-order valence-electron chi connectivity index (χ4n) is 12.5. The van der Waals surface area contributed by atoms with Crippen molar-refractivity contribution in [3.8, 4) is 0 Å². The van der Waals surface area contributed by atoms with Crippen molar-refractivity contribution in [1.29, 1.82) is 0 Å². The van der Waals surface area contributed by atoms with Crippen LogP contribution in [0.4, 0.5) is 0 Å². The molecule has 3 saturated carbocycles. The molecule has 4 rings (SSSR count). The summed E-state index contributed by atoms with van der Waals surface area (Å²) in [6.45, 7) is 22.1. The molecular formula is C53H97NO3. The maximum atomic E-state index is 6.57. The molecule has 4 aliphatic rings. The summed E-state index contributed by atoms with van der Waals surface area (Å²) >= 11 is 0. The molecule has 0 heterocycles. The van der Waals surface area contributed by atoms with Crippen molar-refractivity contribution in [2.24, 2.45) is 46.3 Å². The smallest absolute Gasteiger partial charge is 0.0933 e. The number of nitrogens with one attached hydrogen (secondary N) is 1. The highest BCUT2D eigenvalue weighted by Gasteiger charge is 2.59. The van der Waals surface area contributed by atoms with Crippen molar-refractivity contribution in [3.05, 3.63) is 23.8 Å². The molecule has 332 valence electrons. The van der Waals surface area contributed by atoms with Gasteiger partial charge in [0.2, 0.25) is 0 Å². The van der Waals surface area contributed by atoms with Crippen LogP contribution in [-0.4, -0.2) is 51.7 Å². The molecule has 0 radical (unpaired) electrons. The van der Waals surface area contributed by atoms with Gasteiger partial charge in [-0.3, -0.25) is 0 Å². The monoisotopic (exact) mass is 796 g/mol. The largest absolute Gasteiger partial charge is 0.379 e. The zero-order valence-electron chi connectivity index (χ0n) is 39.2. The lowest BCUT2D eigenvalue weighted by Crippen LogP contribution is -2.51. The summed E-state index contributed by atoms with van der Waals surface area (Å²) in [6.07, 6.45) is 43.0. The van der Waals surface area contributed by atoms with Crippen LogP contribution in [0.1, 0.15) is 215 Å². The van der Waals surface area contributed by atoms with Crippen LogP contribution < -0.4 is 5.32 Å². The van der Waals surface area contributed by atoms with Gasteiger partial charge in [-0.15, -0.1) is 0 Å². The van der Waals surface area contributed by atoms with Gasteiger partial charge in [0.25, 0.3) is 0 Å². The number of unbranched alkanes of at least 4 members (excludes halogenated alkanes) is 12. The van der Waals surface area contributed by atoms with Crippen molar-refractivity contribution < 1.29 is 14.2 Å². The van der Waals surface area contributed by atoms with E-state index in [1.54, 1.807) is 5.57 Å². The number of hydrogen-bond acceptors (Lipinski definition) is 4. The summed E-state index contributed by atoms with van der Waals surface area (Å²) in [6, 6.07) is 0. The van der Waals surface area contributed by atoms with Gasteiger partial charge in [0, 0.05) is 13.2 Å². The summed E-state index contributed by atoms with van der Waals surface area (Å²) in [7, 11) is 0. The van der Waals surface area contributed by atoms with Crippen molar-refractivity contribution >= 4 is 0 Å². The molecular weight excluding hydrogens is 699 g/mol. The molecule has 9 atom stereocenters. The Morgan fingerprint density at radius 2 is 1.46 bits per heavy atom. The predicted octanol–water partition coefficient (Wildman–Crippen LogP) is 14.9. The van der Waals surface area contributed by atoms with Gasteiger partial charge in [0.05, 0.1) is 32.0 Å². The topological polar surface area (TPSA) is 39.7 Å². The standard InChI is InChI=1S/C53H97NO3/c1-8-10-11-12-13-14-15-16-17-18-19-20-21-22-23-24-37-55-42-47(41-54-36-9-2)57-39-38-56-46-32-34-52(6)45(40-46)28-29-48-50-31-30-49(44(5)27-25-26-43(3)4)53(50,7)35-33-51(48)52/h16-17,28,43-44,46-51,54H,8-15,18-27,29-42H2,1-7H3/t44-,46+,47?,48+,49-,50+,51+,52+,53-/m1/s1. The first-order valence-electron chi connectivity index (χ1n) is 25.6. The quantitative estimate of drug-likeness (QED) is 0.0544. The molecule has 4 nitrogen and oxygen atoms in total. The zero-order chi connectivity index (χ0) is 40.8. The number of fused-ring (bicyclic) bond motifs is 5. The summed E-state index contributed by atoms with van der Waals surface area (Å²) in [5.41, 5.74) is 2.69. The maximum absolute atomic E-state index is 6.57. The van der Waals surface area contributed by atoms with E-state index in [1.165, 1.54) is 148 Å². The lowest BCUT2D eigenvalue weighted by Gasteiger charge is -2.58. The van der Waals surface area contributed by atoms with Gasteiger partial charge < -0.3 is 19.5 Å². The Hall–Kier alpha value is -0.680. The zero-order valence-corrected chi connectivity index (χ0v) is 39.2. The Kier molecular flexibility index (Phi) is 23.5. The number of rotatable bonds is 32. The third-order valence-corrected chi connectivity index (χ3v) is 16.0. The SMILES string of the molecule is CCCCCCCCC=CCCCCCCCCOCC(CNCCC)OCCO[C@H]1CC[C@@]2(C)C(=CC[C@H]3[C@@H]4CC[C@H]([C@H](C)CCCC(C)C)[C@@]4(C)CC[C@@H]32)C1. The van der Waals surface area contributed by atoms with Crippen LogP contribution in [0.25, 0.3) is 0 Å². The predicted molar refractivity (Wildman–Crippen MR) is 246 cm³/mol. The molecule has 0 spiro atoms. The van der Waals surface area contributed by atoms with E-state index in [0.29, 0.717) is 36.8 Å². The van der Waals surface area contributed by atoms with Crippen LogP contribution in [0.2, 0.25) is 0 Å². The average molecular weight is 796 g/mol. The molecule has 57 heavy (non-hydrogen) atoms. The Morgan fingerprint density at radius 1 is 0.737 bits per heavy atom. The highest BCUT2D eigenvalue weighted by atomic mass is 16.6. The molecule has 0 aromatic rings. The summed E-state index contributed by atoms with van der Waals surface area (Å²) in [5, 5.41) is 3.57. The van der Waals surface area contributed by atoms with Gasteiger partial charge in [-0.05, 0) is 143 Å². The van der Waals surface area contributed by atoms with Gasteiger partial charge in [-0.25, -0.2) is 0 Å². The van der Waals surface area contributed by atoms with E-state index in [1.807, 2.05) is 0 Å². The second-order valence-corrected chi connectivity index (χ2v) is 20.7. The number of hydrogen-bond donors (Lipinski definition) is 1. The Morgan fingerprint density at radius 3 is 2.18 bits per heavy atom. The minimum Gasteiger partial charge on any atom is -0.379 e. The van der Waals surface area contributed by atoms with Gasteiger partial charge in [0.15, 0.2) is 0 Å². The molecule has 0 aromatic heterocycles. The molecule has 4 heteroatoms. The van der Waals surface area contributed by atoms with Crippen molar-refractivity contribution in [2.75, 3.05) is 39.5 Å². The number of ether oxygens (including phenoxy) is 3. The minimum atomic E-state index is 0.0945. The van der Waals surface area contributed by atoms with E-state index in [2.05, 4.69) is 72.0 Å². The molecule has 4 aliphatic carbocycles. The van der Waals surface area contributed by atoms with Crippen LogP contribution in [0.5, 0.6) is 0 Å². The van der Waals surface area contributed by atoms with E-state index in [-0.39, 0.29) is 6.10 Å². The summed E-state index contributed by atoms with van der Waals surface area (Å²) < 4.78 is 19.1. The van der Waals surface area contributed by atoms with Crippen molar-refractivity contribution in [3.63, 3.8) is 0 Å². The average Bonchev–Trinajstić information content (AvgIpc) is 3.56. The first kappa shape index (κ1) is 49.0. The van der Waals surface area contributed by atoms with E-state index < -0.39 is 0 Å². The molecule has 0 aromatic carbocycles. The van der Waals surface area contributed by atoms with Crippen molar-refractivity contribution in [1.82, 2.24) is 5.32 Å². The minimum absolute atomic E-state index is 0.0945. The molecule has 0 aliphatic heterocycles. The van der Waals surface area contributed by atoms with E-state index in [9.17, 15) is 0 Å². The lowest BCUT2D eigenvalue weighted by atomic mass is 9.47. The van der Waals surface area contributed by atoms with E-state index in [4.69, 9.17) is 14.2 Å². The first-order valence-corrected chi connectivity index (χ1v) is 25.6. The first-order chi connectivity index (χ1) is 27.7. The normalized spacial score (nSPS) is 29.7. The van der Waals surface area contributed by atoms with E-state index in [0.717, 1.165) is 74.5 Å². The Bertz CT molecular complexity index is 1100. The van der Waals surface area contributed by atoms with Crippen LogP contribution in [0.15, 0.2) is 23.8 Å². The lowest BCUT2D eigenvalue weighted by molar-refractivity contribution is -0.0760. The maximum Gasteiger partial charge on any atom is 0.0933 e. The number of allylic oxidation sites excluding steroid dienone is 3. The van der Waals surface area contributed by atoms with Gasteiger partial charge in [0.1, 0.15) is 0 Å². The van der Waals surface area contributed by atoms with Gasteiger partial charge in [-0.1, -0.05) is 149 Å². The Labute approximate surface area is 355 Å². The fraction of sp³-hybridized carbons (Fsp3) is 0.925. The summed E-state index contributed by atoms with van der Waals surface area (Å²) in [5.74, 6) is 5.39. The Balaban J connectivity index is 1.08.